The largest absolute Gasteiger partial charge is 0.418 e. The van der Waals surface area contributed by atoms with Crippen molar-refractivity contribution in [3.8, 4) is 0 Å². The van der Waals surface area contributed by atoms with Gasteiger partial charge in [-0.2, -0.15) is 13.2 Å². The molecule has 0 amide bonds. The van der Waals surface area contributed by atoms with Crippen LogP contribution in [0.15, 0.2) is 18.2 Å². The maximum Gasteiger partial charge on any atom is 0.418 e. The quantitative estimate of drug-likeness (QED) is 0.781. The first kappa shape index (κ1) is 15.4. The molecule has 0 aromatic heterocycles. The Labute approximate surface area is 121 Å². The molecular formula is C14H17ClF3NO. The highest BCUT2D eigenvalue weighted by atomic mass is 35.5. The zero-order chi connectivity index (χ0) is 14.8. The molecule has 1 unspecified atom stereocenters. The molecule has 0 N–H and O–H groups in total. The van der Waals surface area contributed by atoms with Gasteiger partial charge < -0.3 is 9.64 Å². The molecule has 2 rings (SSSR count). The van der Waals surface area contributed by atoms with Gasteiger partial charge in [-0.05, 0) is 30.5 Å². The minimum Gasteiger partial charge on any atom is -0.380 e. The van der Waals surface area contributed by atoms with E-state index >= 15 is 0 Å². The molecule has 0 saturated carbocycles. The minimum atomic E-state index is -4.38. The molecule has 1 aliphatic rings. The maximum atomic E-state index is 13.2. The van der Waals surface area contributed by atoms with E-state index < -0.39 is 11.7 Å². The Kier molecular flexibility index (Phi) is 4.81. The first-order valence-corrected chi connectivity index (χ1v) is 7.03. The zero-order valence-corrected chi connectivity index (χ0v) is 12.0. The van der Waals surface area contributed by atoms with E-state index in [-0.39, 0.29) is 17.7 Å². The summed E-state index contributed by atoms with van der Waals surface area (Å²) < 4.78 is 44.9. The molecule has 1 heterocycles. The van der Waals surface area contributed by atoms with Crippen LogP contribution in [0.2, 0.25) is 0 Å². The number of nitrogens with zero attached hydrogens (tertiary/aromatic N) is 1. The van der Waals surface area contributed by atoms with Crippen LogP contribution in [0.4, 0.5) is 18.9 Å². The Morgan fingerprint density at radius 2 is 2.15 bits per heavy atom. The molecule has 20 heavy (non-hydrogen) atoms. The van der Waals surface area contributed by atoms with E-state index in [1.807, 2.05) is 0 Å². The van der Waals surface area contributed by atoms with Crippen molar-refractivity contribution in [2.75, 3.05) is 25.1 Å². The van der Waals surface area contributed by atoms with Crippen LogP contribution in [0.5, 0.6) is 0 Å². The first-order valence-electron chi connectivity index (χ1n) is 6.49. The first-order chi connectivity index (χ1) is 9.45. The lowest BCUT2D eigenvalue weighted by Gasteiger charge is -2.35. The number of hydrogen-bond acceptors (Lipinski definition) is 2. The van der Waals surface area contributed by atoms with Crippen LogP contribution in [0.1, 0.15) is 24.0 Å². The third kappa shape index (κ3) is 3.38. The van der Waals surface area contributed by atoms with Gasteiger partial charge in [-0.1, -0.05) is 6.07 Å². The molecule has 2 nitrogen and oxygen atoms in total. The summed E-state index contributed by atoms with van der Waals surface area (Å²) in [6.45, 7) is 1.10. The summed E-state index contributed by atoms with van der Waals surface area (Å²) >= 11 is 5.63. The van der Waals surface area contributed by atoms with Gasteiger partial charge in [0.05, 0.1) is 11.7 Å². The number of ether oxygens (including phenoxy) is 1. The fourth-order valence-electron chi connectivity index (χ4n) is 2.52. The molecule has 1 aromatic carbocycles. The van der Waals surface area contributed by atoms with Crippen LogP contribution in [0, 0.1) is 0 Å². The molecule has 1 aliphatic heterocycles. The van der Waals surface area contributed by atoms with Crippen LogP contribution in [-0.4, -0.2) is 26.3 Å². The van der Waals surface area contributed by atoms with E-state index in [1.165, 1.54) is 6.07 Å². The van der Waals surface area contributed by atoms with Crippen molar-refractivity contribution in [2.24, 2.45) is 0 Å². The number of hydrogen-bond donors (Lipinski definition) is 0. The average Bonchev–Trinajstić information content (AvgIpc) is 2.45. The number of halogens is 4. The molecule has 0 aliphatic carbocycles. The van der Waals surface area contributed by atoms with Gasteiger partial charge in [0.15, 0.2) is 0 Å². The standard InChI is InChI=1S/C14H17ClF3NO/c1-20-11-3-2-6-19(9-11)13-5-4-10(8-15)7-12(13)14(16,17)18/h4-5,7,11H,2-3,6,8-9H2,1H3. The molecule has 0 spiro atoms. The van der Waals surface area contributed by atoms with Crippen LogP contribution in [0.25, 0.3) is 0 Å². The van der Waals surface area contributed by atoms with Gasteiger partial charge in [0, 0.05) is 31.8 Å². The highest BCUT2D eigenvalue weighted by Crippen LogP contribution is 2.38. The number of piperidine rings is 1. The summed E-state index contributed by atoms with van der Waals surface area (Å²) in [7, 11) is 1.59. The third-order valence-electron chi connectivity index (χ3n) is 3.57. The molecule has 0 bridgehead atoms. The minimum absolute atomic E-state index is 0.0162. The van der Waals surface area contributed by atoms with Crippen LogP contribution in [0.3, 0.4) is 0 Å². The Bertz CT molecular complexity index is 464. The predicted octanol–water partition coefficient (Wildman–Crippen LogP) is 4.06. The van der Waals surface area contributed by atoms with Gasteiger partial charge >= 0.3 is 6.18 Å². The monoisotopic (exact) mass is 307 g/mol. The summed E-state index contributed by atoms with van der Waals surface area (Å²) in [5.41, 5.74) is 0.0727. The molecule has 0 radical (unpaired) electrons. The molecule has 1 fully saturated rings. The highest BCUT2D eigenvalue weighted by molar-refractivity contribution is 6.17. The van der Waals surface area contributed by atoms with Gasteiger partial charge in [0.2, 0.25) is 0 Å². The van der Waals surface area contributed by atoms with Gasteiger partial charge in [0.1, 0.15) is 0 Å². The van der Waals surface area contributed by atoms with Crippen LogP contribution >= 0.6 is 11.6 Å². The Morgan fingerprint density at radius 3 is 2.75 bits per heavy atom. The van der Waals surface area contributed by atoms with Crippen molar-refractivity contribution in [3.05, 3.63) is 29.3 Å². The summed E-state index contributed by atoms with van der Waals surface area (Å²) in [5.74, 6) is 0.0735. The van der Waals surface area contributed by atoms with Crippen molar-refractivity contribution < 1.29 is 17.9 Å². The third-order valence-corrected chi connectivity index (χ3v) is 3.88. The molecule has 1 aromatic rings. The lowest BCUT2D eigenvalue weighted by Crippen LogP contribution is -2.40. The lowest BCUT2D eigenvalue weighted by atomic mass is 10.0. The Balaban J connectivity index is 2.35. The zero-order valence-electron chi connectivity index (χ0n) is 11.2. The number of rotatable bonds is 3. The van der Waals surface area contributed by atoms with E-state index in [0.29, 0.717) is 18.7 Å². The van der Waals surface area contributed by atoms with Crippen molar-refractivity contribution in [1.82, 2.24) is 0 Å². The lowest BCUT2D eigenvalue weighted by molar-refractivity contribution is -0.137. The highest BCUT2D eigenvalue weighted by Gasteiger charge is 2.36. The molecule has 1 saturated heterocycles. The van der Waals surface area contributed by atoms with E-state index in [4.69, 9.17) is 16.3 Å². The fourth-order valence-corrected chi connectivity index (χ4v) is 2.68. The number of anilines is 1. The van der Waals surface area contributed by atoms with Crippen LogP contribution < -0.4 is 4.90 Å². The van der Waals surface area contributed by atoms with Crippen molar-refractivity contribution >= 4 is 17.3 Å². The maximum absolute atomic E-state index is 13.2. The molecule has 1 atom stereocenters. The smallest absolute Gasteiger partial charge is 0.380 e. The predicted molar refractivity (Wildman–Crippen MR) is 73.2 cm³/mol. The van der Waals surface area contributed by atoms with Crippen molar-refractivity contribution in [3.63, 3.8) is 0 Å². The van der Waals surface area contributed by atoms with Gasteiger partial charge in [-0.15, -0.1) is 11.6 Å². The second-order valence-corrected chi connectivity index (χ2v) is 5.20. The summed E-state index contributed by atoms with van der Waals surface area (Å²) in [6, 6.07) is 4.30. The Morgan fingerprint density at radius 1 is 1.40 bits per heavy atom. The summed E-state index contributed by atoms with van der Waals surface area (Å²) in [4.78, 5) is 1.75. The molecule has 6 heteroatoms. The summed E-state index contributed by atoms with van der Waals surface area (Å²) in [5, 5.41) is 0. The molecular weight excluding hydrogens is 291 g/mol. The second-order valence-electron chi connectivity index (χ2n) is 4.93. The number of benzene rings is 1. The fraction of sp³-hybridized carbons (Fsp3) is 0.571. The SMILES string of the molecule is COC1CCCN(c2ccc(CCl)cc2C(F)(F)F)C1. The average molecular weight is 308 g/mol. The van der Waals surface area contributed by atoms with E-state index in [9.17, 15) is 13.2 Å². The van der Waals surface area contributed by atoms with Crippen molar-refractivity contribution in [2.45, 2.75) is 31.0 Å². The van der Waals surface area contributed by atoms with E-state index in [0.717, 1.165) is 18.9 Å². The topological polar surface area (TPSA) is 12.5 Å². The van der Waals surface area contributed by atoms with Gasteiger partial charge in [0.25, 0.3) is 0 Å². The van der Waals surface area contributed by atoms with Gasteiger partial charge in [-0.3, -0.25) is 0 Å². The summed E-state index contributed by atoms with van der Waals surface area (Å²) in [6.07, 6.45) is -2.68. The van der Waals surface area contributed by atoms with E-state index in [1.54, 1.807) is 18.1 Å². The van der Waals surface area contributed by atoms with Crippen molar-refractivity contribution in [1.29, 1.82) is 0 Å². The van der Waals surface area contributed by atoms with E-state index in [2.05, 4.69) is 0 Å². The van der Waals surface area contributed by atoms with Crippen LogP contribution in [-0.2, 0) is 16.8 Å². The number of methoxy groups -OCH3 is 1. The van der Waals surface area contributed by atoms with Gasteiger partial charge in [-0.25, -0.2) is 0 Å². The Hall–Kier alpha value is -0.940. The number of alkyl halides is 4. The second kappa shape index (κ2) is 6.22. The normalized spacial score (nSPS) is 20.2. The molecule has 112 valence electrons.